The van der Waals surface area contributed by atoms with E-state index >= 15 is 0 Å². The molecule has 1 fully saturated rings. The van der Waals surface area contributed by atoms with Crippen molar-refractivity contribution < 1.29 is 9.84 Å². The van der Waals surface area contributed by atoms with Crippen molar-refractivity contribution in [2.45, 2.75) is 19.4 Å². The molecule has 2 rings (SSSR count). The van der Waals surface area contributed by atoms with Crippen LogP contribution >= 0.6 is 0 Å². The predicted octanol–water partition coefficient (Wildman–Crippen LogP) is 2.46. The average molecular weight is 261 g/mol. The Bertz CT molecular complexity index is 405. The van der Waals surface area contributed by atoms with Crippen molar-refractivity contribution in [1.29, 1.82) is 0 Å². The summed E-state index contributed by atoms with van der Waals surface area (Å²) in [5, 5.41) is 9.28. The summed E-state index contributed by atoms with van der Waals surface area (Å²) in [6.07, 6.45) is 4.07. The molecule has 1 unspecified atom stereocenters. The van der Waals surface area contributed by atoms with Gasteiger partial charge in [-0.05, 0) is 31.4 Å². The fourth-order valence-corrected chi connectivity index (χ4v) is 2.61. The molecule has 1 saturated heterocycles. The first-order valence-electron chi connectivity index (χ1n) is 6.98. The van der Waals surface area contributed by atoms with Crippen LogP contribution in [0.15, 0.2) is 36.9 Å². The van der Waals surface area contributed by atoms with E-state index in [1.54, 1.807) is 6.08 Å². The van der Waals surface area contributed by atoms with Crippen LogP contribution in [0.25, 0.3) is 0 Å². The highest BCUT2D eigenvalue weighted by atomic mass is 16.5. The molecule has 1 aromatic carbocycles. The lowest BCUT2D eigenvalue weighted by molar-refractivity contribution is 0.115. The summed E-state index contributed by atoms with van der Waals surface area (Å²) in [5.41, 5.74) is 1.21. The van der Waals surface area contributed by atoms with E-state index in [1.807, 2.05) is 18.2 Å². The van der Waals surface area contributed by atoms with E-state index in [1.165, 1.54) is 12.0 Å². The minimum atomic E-state index is 0.297. The Balaban J connectivity index is 1.99. The van der Waals surface area contributed by atoms with Crippen LogP contribution in [-0.2, 0) is 6.54 Å². The molecule has 104 valence electrons. The molecule has 1 aliphatic rings. The van der Waals surface area contributed by atoms with Crippen molar-refractivity contribution in [2.75, 3.05) is 26.3 Å². The molecule has 1 aromatic rings. The first kappa shape index (κ1) is 14.1. The van der Waals surface area contributed by atoms with Gasteiger partial charge in [-0.15, -0.1) is 0 Å². The van der Waals surface area contributed by atoms with Gasteiger partial charge in [-0.25, -0.2) is 0 Å². The van der Waals surface area contributed by atoms with Crippen LogP contribution in [0, 0.1) is 5.92 Å². The molecule has 3 nitrogen and oxygen atoms in total. The second kappa shape index (κ2) is 7.31. The lowest BCUT2D eigenvalue weighted by Crippen LogP contribution is -2.36. The molecule has 19 heavy (non-hydrogen) atoms. The van der Waals surface area contributed by atoms with Gasteiger partial charge < -0.3 is 9.84 Å². The lowest BCUT2D eigenvalue weighted by atomic mass is 9.98. The van der Waals surface area contributed by atoms with Gasteiger partial charge in [0.25, 0.3) is 0 Å². The molecule has 1 atom stereocenters. The molecule has 0 aromatic heterocycles. The highest BCUT2D eigenvalue weighted by molar-refractivity contribution is 5.33. The molecular weight excluding hydrogens is 238 g/mol. The van der Waals surface area contributed by atoms with E-state index in [0.29, 0.717) is 19.1 Å². The maximum atomic E-state index is 9.28. The molecule has 0 saturated carbocycles. The van der Waals surface area contributed by atoms with Gasteiger partial charge in [-0.2, -0.15) is 0 Å². The molecule has 0 bridgehead atoms. The molecule has 3 heteroatoms. The van der Waals surface area contributed by atoms with Crippen molar-refractivity contribution in [1.82, 2.24) is 4.90 Å². The maximum Gasteiger partial charge on any atom is 0.124 e. The third-order valence-corrected chi connectivity index (χ3v) is 3.58. The van der Waals surface area contributed by atoms with Crippen molar-refractivity contribution in [3.05, 3.63) is 42.5 Å². The minimum absolute atomic E-state index is 0.297. The van der Waals surface area contributed by atoms with Crippen LogP contribution in [0.1, 0.15) is 18.4 Å². The predicted molar refractivity (Wildman–Crippen MR) is 77.2 cm³/mol. The third kappa shape index (κ3) is 4.08. The maximum absolute atomic E-state index is 9.28. The topological polar surface area (TPSA) is 32.7 Å². The standard InChI is InChI=1S/C16H23NO2/c1-2-10-19-16-8-4-3-7-15(16)12-17-9-5-6-14(11-17)13-18/h2-4,7-8,14,18H,1,5-6,9-13H2. The number of hydrogen-bond acceptors (Lipinski definition) is 3. The zero-order chi connectivity index (χ0) is 13.5. The first-order valence-corrected chi connectivity index (χ1v) is 6.98. The number of aliphatic hydroxyl groups is 1. The van der Waals surface area contributed by atoms with Gasteiger partial charge in [-0.3, -0.25) is 4.90 Å². The van der Waals surface area contributed by atoms with Gasteiger partial charge >= 0.3 is 0 Å². The van der Waals surface area contributed by atoms with Crippen LogP contribution in [0.4, 0.5) is 0 Å². The Morgan fingerprint density at radius 3 is 3.05 bits per heavy atom. The van der Waals surface area contributed by atoms with Gasteiger partial charge in [0, 0.05) is 25.3 Å². The Kier molecular flexibility index (Phi) is 5.43. The number of benzene rings is 1. The second-order valence-corrected chi connectivity index (χ2v) is 5.13. The quantitative estimate of drug-likeness (QED) is 0.798. The van der Waals surface area contributed by atoms with E-state index in [2.05, 4.69) is 17.5 Å². The summed E-state index contributed by atoms with van der Waals surface area (Å²) >= 11 is 0. The number of piperidine rings is 1. The van der Waals surface area contributed by atoms with Crippen LogP contribution in [0.5, 0.6) is 5.75 Å². The van der Waals surface area contributed by atoms with E-state index in [0.717, 1.165) is 31.8 Å². The Labute approximate surface area is 115 Å². The highest BCUT2D eigenvalue weighted by Crippen LogP contribution is 2.23. The second-order valence-electron chi connectivity index (χ2n) is 5.13. The van der Waals surface area contributed by atoms with Gasteiger partial charge in [-0.1, -0.05) is 30.9 Å². The number of hydrogen-bond donors (Lipinski definition) is 1. The number of likely N-dealkylation sites (tertiary alicyclic amines) is 1. The number of nitrogens with zero attached hydrogens (tertiary/aromatic N) is 1. The molecule has 0 amide bonds. The normalized spacial score (nSPS) is 20.2. The molecule has 1 heterocycles. The van der Waals surface area contributed by atoms with Crippen LogP contribution < -0.4 is 4.74 Å². The van der Waals surface area contributed by atoms with Gasteiger partial charge in [0.05, 0.1) is 0 Å². The van der Waals surface area contributed by atoms with Crippen molar-refractivity contribution >= 4 is 0 Å². The van der Waals surface area contributed by atoms with Crippen LogP contribution in [0.2, 0.25) is 0 Å². The highest BCUT2D eigenvalue weighted by Gasteiger charge is 2.19. The molecule has 1 aliphatic heterocycles. The molecule has 1 N–H and O–H groups in total. The van der Waals surface area contributed by atoms with Crippen LogP contribution in [-0.4, -0.2) is 36.3 Å². The molecule has 0 radical (unpaired) electrons. The van der Waals surface area contributed by atoms with Crippen LogP contribution in [0.3, 0.4) is 0 Å². The largest absolute Gasteiger partial charge is 0.489 e. The van der Waals surface area contributed by atoms with Gasteiger partial charge in [0.2, 0.25) is 0 Å². The SMILES string of the molecule is C=CCOc1ccccc1CN1CCCC(CO)C1. The summed E-state index contributed by atoms with van der Waals surface area (Å²) in [6.45, 7) is 7.49. The number of ether oxygens (including phenoxy) is 1. The Morgan fingerprint density at radius 1 is 1.42 bits per heavy atom. The zero-order valence-electron chi connectivity index (χ0n) is 11.4. The Hall–Kier alpha value is -1.32. The summed E-state index contributed by atoms with van der Waals surface area (Å²) < 4.78 is 5.69. The molecule has 0 spiro atoms. The van der Waals surface area contributed by atoms with Gasteiger partial charge in [0.1, 0.15) is 12.4 Å². The van der Waals surface area contributed by atoms with E-state index in [-0.39, 0.29) is 0 Å². The fraction of sp³-hybridized carbons (Fsp3) is 0.500. The van der Waals surface area contributed by atoms with E-state index in [9.17, 15) is 5.11 Å². The average Bonchev–Trinajstić information content (AvgIpc) is 2.46. The monoisotopic (exact) mass is 261 g/mol. The molecular formula is C16H23NO2. The number of rotatable bonds is 6. The number of aliphatic hydroxyl groups excluding tert-OH is 1. The molecule has 0 aliphatic carbocycles. The van der Waals surface area contributed by atoms with Crippen molar-refractivity contribution in [3.63, 3.8) is 0 Å². The Morgan fingerprint density at radius 2 is 2.26 bits per heavy atom. The van der Waals surface area contributed by atoms with Gasteiger partial charge in [0.15, 0.2) is 0 Å². The van der Waals surface area contributed by atoms with E-state index < -0.39 is 0 Å². The van der Waals surface area contributed by atoms with E-state index in [4.69, 9.17) is 4.74 Å². The summed E-state index contributed by atoms with van der Waals surface area (Å²) in [5.74, 6) is 1.36. The summed E-state index contributed by atoms with van der Waals surface area (Å²) in [6, 6.07) is 8.16. The zero-order valence-corrected chi connectivity index (χ0v) is 11.4. The van der Waals surface area contributed by atoms with Crippen molar-refractivity contribution in [3.8, 4) is 5.75 Å². The summed E-state index contributed by atoms with van der Waals surface area (Å²) in [7, 11) is 0. The minimum Gasteiger partial charge on any atom is -0.489 e. The number of para-hydroxylation sites is 1. The van der Waals surface area contributed by atoms with Crippen molar-refractivity contribution in [2.24, 2.45) is 5.92 Å². The lowest BCUT2D eigenvalue weighted by Gasteiger charge is -2.32. The smallest absolute Gasteiger partial charge is 0.124 e. The first-order chi connectivity index (χ1) is 9.33. The fourth-order valence-electron chi connectivity index (χ4n) is 2.61. The summed E-state index contributed by atoms with van der Waals surface area (Å²) in [4.78, 5) is 2.40. The third-order valence-electron chi connectivity index (χ3n) is 3.58.